The van der Waals surface area contributed by atoms with Crippen LogP contribution in [0.15, 0.2) is 59.7 Å². The molecule has 3 rings (SSSR count). The molecule has 1 aromatic carbocycles. The smallest absolute Gasteiger partial charge is 0.272 e. The van der Waals surface area contributed by atoms with Crippen molar-refractivity contribution in [1.29, 1.82) is 0 Å². The second-order valence-corrected chi connectivity index (χ2v) is 5.12. The predicted octanol–water partition coefficient (Wildman–Crippen LogP) is 1.17. The second-order valence-electron chi connectivity index (χ2n) is 5.12. The first-order valence-corrected chi connectivity index (χ1v) is 7.32. The molecule has 7 nitrogen and oxygen atoms in total. The van der Waals surface area contributed by atoms with Crippen molar-refractivity contribution >= 4 is 5.91 Å². The molecule has 0 unspecified atom stereocenters. The van der Waals surface area contributed by atoms with Gasteiger partial charge in [-0.2, -0.15) is 5.10 Å². The maximum absolute atomic E-state index is 12.1. The van der Waals surface area contributed by atoms with Gasteiger partial charge in [-0.25, -0.2) is 14.6 Å². The zero-order valence-corrected chi connectivity index (χ0v) is 13.0. The monoisotopic (exact) mass is 321 g/mol. The van der Waals surface area contributed by atoms with Crippen molar-refractivity contribution in [2.24, 2.45) is 7.05 Å². The Labute approximate surface area is 138 Å². The minimum absolute atomic E-state index is 0.175. The lowest BCUT2D eigenvalue weighted by Crippen LogP contribution is -2.28. The SMILES string of the molecule is Cn1nc(C(=O)NCc2cc(-c3ccccc3)ncn2)ccc1=O. The van der Waals surface area contributed by atoms with Crippen LogP contribution in [0.3, 0.4) is 0 Å². The van der Waals surface area contributed by atoms with E-state index < -0.39 is 0 Å². The first-order chi connectivity index (χ1) is 11.6. The second kappa shape index (κ2) is 6.82. The van der Waals surface area contributed by atoms with Crippen LogP contribution in [-0.4, -0.2) is 25.7 Å². The fraction of sp³-hybridized carbons (Fsp3) is 0.118. The number of hydrogen-bond acceptors (Lipinski definition) is 5. The maximum Gasteiger partial charge on any atom is 0.272 e. The van der Waals surface area contributed by atoms with Crippen molar-refractivity contribution in [3.05, 3.63) is 76.6 Å². The van der Waals surface area contributed by atoms with E-state index in [0.717, 1.165) is 15.9 Å². The highest BCUT2D eigenvalue weighted by atomic mass is 16.2. The topological polar surface area (TPSA) is 89.8 Å². The van der Waals surface area contributed by atoms with Crippen LogP contribution in [0.1, 0.15) is 16.2 Å². The molecule has 2 aromatic heterocycles. The molecule has 24 heavy (non-hydrogen) atoms. The summed E-state index contributed by atoms with van der Waals surface area (Å²) in [6, 6.07) is 14.2. The molecule has 1 N–H and O–H groups in total. The first-order valence-electron chi connectivity index (χ1n) is 7.32. The van der Waals surface area contributed by atoms with E-state index in [-0.39, 0.29) is 23.7 Å². The molecule has 0 bridgehead atoms. The number of hydrogen-bond donors (Lipinski definition) is 1. The molecule has 0 aliphatic rings. The summed E-state index contributed by atoms with van der Waals surface area (Å²) < 4.78 is 1.12. The molecule has 1 amide bonds. The Balaban J connectivity index is 1.71. The minimum Gasteiger partial charge on any atom is -0.345 e. The van der Waals surface area contributed by atoms with Gasteiger partial charge in [-0.05, 0) is 12.1 Å². The Morgan fingerprint density at radius 2 is 1.92 bits per heavy atom. The van der Waals surface area contributed by atoms with Crippen molar-refractivity contribution in [3.8, 4) is 11.3 Å². The number of benzene rings is 1. The van der Waals surface area contributed by atoms with E-state index >= 15 is 0 Å². The van der Waals surface area contributed by atoms with Crippen molar-refractivity contribution in [3.63, 3.8) is 0 Å². The Bertz CT molecular complexity index is 922. The molecule has 0 radical (unpaired) electrons. The molecule has 7 heteroatoms. The van der Waals surface area contributed by atoms with Gasteiger partial charge in [0.15, 0.2) is 0 Å². The highest BCUT2D eigenvalue weighted by Gasteiger charge is 2.09. The predicted molar refractivity (Wildman–Crippen MR) is 88.1 cm³/mol. The summed E-state index contributed by atoms with van der Waals surface area (Å²) >= 11 is 0. The Hall–Kier alpha value is -3.35. The minimum atomic E-state index is -0.370. The van der Waals surface area contributed by atoms with E-state index in [9.17, 15) is 9.59 Å². The number of nitrogens with one attached hydrogen (secondary N) is 1. The van der Waals surface area contributed by atoms with Crippen LogP contribution in [0.5, 0.6) is 0 Å². The third-order valence-electron chi connectivity index (χ3n) is 3.42. The lowest BCUT2D eigenvalue weighted by molar-refractivity contribution is 0.0943. The molecule has 0 aliphatic carbocycles. The summed E-state index contributed by atoms with van der Waals surface area (Å²) in [4.78, 5) is 31.8. The van der Waals surface area contributed by atoms with Gasteiger partial charge in [0.2, 0.25) is 0 Å². The van der Waals surface area contributed by atoms with Crippen molar-refractivity contribution < 1.29 is 4.79 Å². The van der Waals surface area contributed by atoms with E-state index in [4.69, 9.17) is 0 Å². The van der Waals surface area contributed by atoms with E-state index in [1.807, 2.05) is 36.4 Å². The van der Waals surface area contributed by atoms with Crippen LogP contribution >= 0.6 is 0 Å². The molecule has 0 atom stereocenters. The summed E-state index contributed by atoms with van der Waals surface area (Å²) in [6.45, 7) is 0.242. The van der Waals surface area contributed by atoms with Gasteiger partial charge in [-0.1, -0.05) is 30.3 Å². The number of rotatable bonds is 4. The average molecular weight is 321 g/mol. The summed E-state index contributed by atoms with van der Waals surface area (Å²) in [5.41, 5.74) is 2.36. The van der Waals surface area contributed by atoms with E-state index in [2.05, 4.69) is 20.4 Å². The van der Waals surface area contributed by atoms with Gasteiger partial charge in [0.1, 0.15) is 12.0 Å². The highest BCUT2D eigenvalue weighted by molar-refractivity contribution is 5.91. The Kier molecular flexibility index (Phi) is 4.42. The van der Waals surface area contributed by atoms with Crippen LogP contribution < -0.4 is 10.9 Å². The molecule has 0 spiro atoms. The summed E-state index contributed by atoms with van der Waals surface area (Å²) in [7, 11) is 1.50. The molecular weight excluding hydrogens is 306 g/mol. The Morgan fingerprint density at radius 1 is 1.12 bits per heavy atom. The molecule has 0 saturated heterocycles. The lowest BCUT2D eigenvalue weighted by Gasteiger charge is -2.06. The quantitative estimate of drug-likeness (QED) is 0.779. The number of carbonyl (C=O) groups excluding carboxylic acids is 1. The summed E-state index contributed by atoms with van der Waals surface area (Å²) in [5, 5.41) is 6.64. The lowest BCUT2D eigenvalue weighted by atomic mass is 10.1. The van der Waals surface area contributed by atoms with Crippen molar-refractivity contribution in [2.45, 2.75) is 6.54 Å². The number of aryl methyl sites for hydroxylation is 1. The maximum atomic E-state index is 12.1. The molecule has 0 fully saturated rings. The number of aromatic nitrogens is 4. The van der Waals surface area contributed by atoms with Gasteiger partial charge in [-0.15, -0.1) is 0 Å². The van der Waals surface area contributed by atoms with Gasteiger partial charge >= 0.3 is 0 Å². The first kappa shape index (κ1) is 15.5. The van der Waals surface area contributed by atoms with E-state index in [0.29, 0.717) is 5.69 Å². The van der Waals surface area contributed by atoms with Gasteiger partial charge in [-0.3, -0.25) is 9.59 Å². The average Bonchev–Trinajstić information content (AvgIpc) is 2.63. The van der Waals surface area contributed by atoms with Crippen molar-refractivity contribution in [2.75, 3.05) is 0 Å². The van der Waals surface area contributed by atoms with Gasteiger partial charge in [0.25, 0.3) is 11.5 Å². The Morgan fingerprint density at radius 3 is 2.67 bits per heavy atom. The van der Waals surface area contributed by atoms with E-state index in [1.165, 1.54) is 25.5 Å². The molecule has 0 aliphatic heterocycles. The van der Waals surface area contributed by atoms with Gasteiger partial charge in [0, 0.05) is 18.7 Å². The van der Waals surface area contributed by atoms with Crippen molar-refractivity contribution in [1.82, 2.24) is 25.1 Å². The summed E-state index contributed by atoms with van der Waals surface area (Å²) in [6.07, 6.45) is 1.47. The molecule has 120 valence electrons. The molecule has 3 aromatic rings. The number of carbonyl (C=O) groups is 1. The third-order valence-corrected chi connectivity index (χ3v) is 3.42. The van der Waals surface area contributed by atoms with Crippen LogP contribution in [0.4, 0.5) is 0 Å². The van der Waals surface area contributed by atoms with Crippen LogP contribution in [0.2, 0.25) is 0 Å². The number of amides is 1. The van der Waals surface area contributed by atoms with Crippen LogP contribution in [-0.2, 0) is 13.6 Å². The fourth-order valence-electron chi connectivity index (χ4n) is 2.15. The van der Waals surface area contributed by atoms with E-state index in [1.54, 1.807) is 0 Å². The standard InChI is InChI=1S/C17H15N5O2/c1-22-16(23)8-7-14(21-22)17(24)18-10-13-9-15(20-11-19-13)12-5-3-2-4-6-12/h2-9,11H,10H2,1H3,(H,18,24). The highest BCUT2D eigenvalue weighted by Crippen LogP contribution is 2.15. The number of nitrogens with zero attached hydrogens (tertiary/aromatic N) is 4. The van der Waals surface area contributed by atoms with Crippen LogP contribution in [0.25, 0.3) is 11.3 Å². The largest absolute Gasteiger partial charge is 0.345 e. The zero-order chi connectivity index (χ0) is 16.9. The summed E-state index contributed by atoms with van der Waals surface area (Å²) in [5.74, 6) is -0.370. The molecule has 0 saturated carbocycles. The normalized spacial score (nSPS) is 10.4. The van der Waals surface area contributed by atoms with Gasteiger partial charge < -0.3 is 5.32 Å². The third kappa shape index (κ3) is 3.52. The fourth-order valence-corrected chi connectivity index (χ4v) is 2.15. The van der Waals surface area contributed by atoms with Gasteiger partial charge in [0.05, 0.1) is 17.9 Å². The molecule has 2 heterocycles. The zero-order valence-electron chi connectivity index (χ0n) is 13.0. The molecular formula is C17H15N5O2. The van der Waals surface area contributed by atoms with Crippen LogP contribution in [0, 0.1) is 0 Å².